The molecular formula is C15H23N5S. The molecule has 1 saturated heterocycles. The molecular weight excluding hydrogens is 282 g/mol. The van der Waals surface area contributed by atoms with Crippen LogP contribution < -0.4 is 5.32 Å². The van der Waals surface area contributed by atoms with Gasteiger partial charge in [0.25, 0.3) is 0 Å². The van der Waals surface area contributed by atoms with Crippen LogP contribution in [0, 0.1) is 5.41 Å². The first-order valence-electron chi connectivity index (χ1n) is 7.24. The summed E-state index contributed by atoms with van der Waals surface area (Å²) in [5.41, 5.74) is 1.46. The van der Waals surface area contributed by atoms with Crippen LogP contribution in [0.3, 0.4) is 0 Å². The molecule has 114 valence electrons. The highest BCUT2D eigenvalue weighted by Gasteiger charge is 2.53. The Balaban J connectivity index is 1.68. The summed E-state index contributed by atoms with van der Waals surface area (Å²) < 4.78 is 2.06. The lowest BCUT2D eigenvalue weighted by Gasteiger charge is -2.62. The van der Waals surface area contributed by atoms with Crippen molar-refractivity contribution in [2.24, 2.45) is 10.4 Å². The fraction of sp³-hybridized carbons (Fsp3) is 0.600. The Morgan fingerprint density at radius 2 is 2.19 bits per heavy atom. The molecule has 21 heavy (non-hydrogen) atoms. The summed E-state index contributed by atoms with van der Waals surface area (Å²) in [4.78, 5) is 12.4. The van der Waals surface area contributed by atoms with E-state index in [-0.39, 0.29) is 5.54 Å². The van der Waals surface area contributed by atoms with Gasteiger partial charge >= 0.3 is 0 Å². The molecule has 6 heteroatoms. The van der Waals surface area contributed by atoms with E-state index in [1.807, 2.05) is 18.6 Å². The van der Waals surface area contributed by atoms with E-state index >= 15 is 0 Å². The molecule has 0 unspecified atom stereocenters. The largest absolute Gasteiger partial charge is 0.351 e. The molecule has 0 saturated carbocycles. The molecule has 1 N–H and O–H groups in total. The normalized spacial score (nSPS) is 20.6. The predicted molar refractivity (Wildman–Crippen MR) is 87.8 cm³/mol. The molecule has 0 radical (unpaired) electrons. The van der Waals surface area contributed by atoms with Crippen LogP contribution in [0.2, 0.25) is 0 Å². The molecule has 0 atom stereocenters. The molecule has 2 aromatic rings. The molecule has 5 nitrogen and oxygen atoms in total. The van der Waals surface area contributed by atoms with Gasteiger partial charge in [0.05, 0.1) is 12.2 Å². The molecule has 3 heterocycles. The van der Waals surface area contributed by atoms with E-state index < -0.39 is 0 Å². The van der Waals surface area contributed by atoms with E-state index in [2.05, 4.69) is 58.5 Å². The molecule has 0 bridgehead atoms. The van der Waals surface area contributed by atoms with Gasteiger partial charge in [0, 0.05) is 42.3 Å². The van der Waals surface area contributed by atoms with Crippen molar-refractivity contribution in [3.63, 3.8) is 0 Å². The number of imidazole rings is 1. The number of thiazole rings is 1. The van der Waals surface area contributed by atoms with Crippen LogP contribution in [0.4, 0.5) is 0 Å². The Labute approximate surface area is 129 Å². The summed E-state index contributed by atoms with van der Waals surface area (Å²) in [7, 11) is 1.84. The van der Waals surface area contributed by atoms with Gasteiger partial charge in [-0.3, -0.25) is 9.39 Å². The van der Waals surface area contributed by atoms with Crippen molar-refractivity contribution in [3.8, 4) is 0 Å². The molecule has 0 aliphatic carbocycles. The maximum atomic E-state index is 4.59. The van der Waals surface area contributed by atoms with Crippen LogP contribution in [0.1, 0.15) is 33.4 Å². The molecule has 3 rings (SSSR count). The van der Waals surface area contributed by atoms with Crippen molar-refractivity contribution in [1.29, 1.82) is 0 Å². The van der Waals surface area contributed by atoms with E-state index in [1.165, 1.54) is 0 Å². The van der Waals surface area contributed by atoms with Crippen molar-refractivity contribution in [1.82, 2.24) is 19.6 Å². The molecule has 1 aliphatic heterocycles. The lowest BCUT2D eigenvalue weighted by Crippen LogP contribution is -2.72. The average Bonchev–Trinajstić information content (AvgIpc) is 2.98. The summed E-state index contributed by atoms with van der Waals surface area (Å²) in [6.07, 6.45) is 4.10. The van der Waals surface area contributed by atoms with E-state index in [0.29, 0.717) is 12.0 Å². The fourth-order valence-electron chi connectivity index (χ4n) is 2.73. The summed E-state index contributed by atoms with van der Waals surface area (Å²) in [5.74, 6) is 0.954. The predicted octanol–water partition coefficient (Wildman–Crippen LogP) is 2.59. The zero-order valence-corrected chi connectivity index (χ0v) is 14.2. The minimum atomic E-state index is 0.114. The molecule has 0 aromatic carbocycles. The zero-order valence-electron chi connectivity index (χ0n) is 13.3. The molecule has 0 spiro atoms. The van der Waals surface area contributed by atoms with Gasteiger partial charge in [-0.25, -0.2) is 4.98 Å². The highest BCUT2D eigenvalue weighted by Crippen LogP contribution is 2.46. The van der Waals surface area contributed by atoms with Gasteiger partial charge < -0.3 is 10.2 Å². The number of rotatable bonds is 2. The smallest absolute Gasteiger partial charge is 0.194 e. The number of likely N-dealkylation sites (tertiary alicyclic amines) is 1. The van der Waals surface area contributed by atoms with E-state index in [1.54, 1.807) is 11.3 Å². The van der Waals surface area contributed by atoms with E-state index in [0.717, 1.165) is 23.2 Å². The number of aliphatic imine (C=N–C) groups is 1. The minimum absolute atomic E-state index is 0.114. The first-order chi connectivity index (χ1) is 9.85. The number of guanidine groups is 1. The van der Waals surface area contributed by atoms with E-state index in [4.69, 9.17) is 0 Å². The number of hydrogen-bond acceptors (Lipinski definition) is 3. The lowest BCUT2D eigenvalue weighted by atomic mass is 9.65. The van der Waals surface area contributed by atoms with Gasteiger partial charge in [0.1, 0.15) is 0 Å². The standard InChI is InChI=1S/C15H23N5S/c1-14(2)10-20(15(14,3)4)12(16-5)17-8-11-9-19-6-7-21-13(19)18-11/h6-7,9H,8,10H2,1-5H3,(H,16,17). The van der Waals surface area contributed by atoms with Crippen LogP contribution in [0.5, 0.6) is 0 Å². The second-order valence-corrected chi connectivity index (χ2v) is 7.63. The van der Waals surface area contributed by atoms with Gasteiger partial charge in [0.2, 0.25) is 0 Å². The van der Waals surface area contributed by atoms with Crippen LogP contribution in [-0.4, -0.2) is 39.4 Å². The number of hydrogen-bond donors (Lipinski definition) is 1. The highest BCUT2D eigenvalue weighted by atomic mass is 32.1. The molecule has 0 amide bonds. The van der Waals surface area contributed by atoms with Crippen molar-refractivity contribution < 1.29 is 0 Å². The third kappa shape index (κ3) is 2.21. The summed E-state index contributed by atoms with van der Waals surface area (Å²) in [5, 5.41) is 5.48. The Bertz CT molecular complexity index is 651. The Kier molecular flexibility index (Phi) is 3.24. The maximum Gasteiger partial charge on any atom is 0.194 e. The van der Waals surface area contributed by atoms with Crippen molar-refractivity contribution in [3.05, 3.63) is 23.5 Å². The van der Waals surface area contributed by atoms with Gasteiger partial charge in [-0.05, 0) is 13.8 Å². The molecule has 2 aromatic heterocycles. The Morgan fingerprint density at radius 3 is 2.76 bits per heavy atom. The first-order valence-corrected chi connectivity index (χ1v) is 8.12. The summed E-state index contributed by atoms with van der Waals surface area (Å²) >= 11 is 1.65. The van der Waals surface area contributed by atoms with Gasteiger partial charge in [-0.2, -0.15) is 0 Å². The molecule has 1 aliphatic rings. The third-order valence-corrected chi connectivity index (χ3v) is 5.69. The highest BCUT2D eigenvalue weighted by molar-refractivity contribution is 7.15. The fourth-order valence-corrected chi connectivity index (χ4v) is 3.45. The Hall–Kier alpha value is -1.56. The topological polar surface area (TPSA) is 44.9 Å². The Morgan fingerprint density at radius 1 is 1.43 bits per heavy atom. The number of nitrogens with one attached hydrogen (secondary N) is 1. The van der Waals surface area contributed by atoms with Crippen LogP contribution in [0.15, 0.2) is 22.8 Å². The number of nitrogens with zero attached hydrogens (tertiary/aromatic N) is 4. The average molecular weight is 305 g/mol. The van der Waals surface area contributed by atoms with Gasteiger partial charge in [0.15, 0.2) is 10.9 Å². The molecule has 1 fully saturated rings. The van der Waals surface area contributed by atoms with Gasteiger partial charge in [-0.1, -0.05) is 13.8 Å². The minimum Gasteiger partial charge on any atom is -0.351 e. The van der Waals surface area contributed by atoms with Crippen molar-refractivity contribution in [2.75, 3.05) is 13.6 Å². The lowest BCUT2D eigenvalue weighted by molar-refractivity contribution is -0.0668. The second kappa shape index (κ2) is 4.73. The summed E-state index contributed by atoms with van der Waals surface area (Å²) in [6.45, 7) is 10.9. The quantitative estimate of drug-likeness (QED) is 0.685. The maximum absolute atomic E-state index is 4.59. The third-order valence-electron chi connectivity index (χ3n) is 4.92. The van der Waals surface area contributed by atoms with Crippen LogP contribution in [-0.2, 0) is 6.54 Å². The zero-order chi connectivity index (χ0) is 15.3. The first kappa shape index (κ1) is 14.4. The van der Waals surface area contributed by atoms with Crippen molar-refractivity contribution >= 4 is 22.3 Å². The number of aromatic nitrogens is 2. The second-order valence-electron chi connectivity index (χ2n) is 6.75. The monoisotopic (exact) mass is 305 g/mol. The van der Waals surface area contributed by atoms with Crippen LogP contribution >= 0.6 is 11.3 Å². The van der Waals surface area contributed by atoms with Crippen LogP contribution in [0.25, 0.3) is 4.96 Å². The van der Waals surface area contributed by atoms with E-state index in [9.17, 15) is 0 Å². The van der Waals surface area contributed by atoms with Gasteiger partial charge in [-0.15, -0.1) is 11.3 Å². The summed E-state index contributed by atoms with van der Waals surface area (Å²) in [6, 6.07) is 0. The van der Waals surface area contributed by atoms with Crippen molar-refractivity contribution in [2.45, 2.75) is 39.8 Å². The SMILES string of the molecule is CN=C(NCc1cn2ccsc2n1)N1CC(C)(C)C1(C)C. The number of fused-ring (bicyclic) bond motifs is 1.